The van der Waals surface area contributed by atoms with Gasteiger partial charge in [-0.15, -0.1) is 0 Å². The van der Waals surface area contributed by atoms with Crippen LogP contribution < -0.4 is 15.5 Å². The molecule has 1 atom stereocenters. The van der Waals surface area contributed by atoms with Gasteiger partial charge in [-0.25, -0.2) is 4.39 Å². The molecule has 1 fully saturated rings. The molecule has 0 bridgehead atoms. The fourth-order valence-electron chi connectivity index (χ4n) is 3.02. The molecule has 1 heterocycles. The third-order valence-electron chi connectivity index (χ3n) is 4.24. The van der Waals surface area contributed by atoms with E-state index in [-0.39, 0.29) is 11.9 Å². The second-order valence-corrected chi connectivity index (χ2v) is 5.80. The van der Waals surface area contributed by atoms with Gasteiger partial charge in [-0.1, -0.05) is 18.2 Å². The number of benzene rings is 2. The summed E-state index contributed by atoms with van der Waals surface area (Å²) in [4.78, 5) is 4.68. The summed E-state index contributed by atoms with van der Waals surface area (Å²) in [6, 6.07) is 15.1. The SMILES string of the molecule is CC(N)c1ccccc1N1CCN(c2ccc(F)cc2)CC1. The van der Waals surface area contributed by atoms with Gasteiger partial charge in [-0.3, -0.25) is 0 Å². The van der Waals surface area contributed by atoms with Crippen LogP contribution in [0.2, 0.25) is 0 Å². The average molecular weight is 299 g/mol. The van der Waals surface area contributed by atoms with E-state index < -0.39 is 0 Å². The third kappa shape index (κ3) is 3.07. The summed E-state index contributed by atoms with van der Waals surface area (Å²) in [6.07, 6.45) is 0. The molecule has 0 aliphatic carbocycles. The van der Waals surface area contributed by atoms with E-state index in [1.165, 1.54) is 23.4 Å². The molecule has 22 heavy (non-hydrogen) atoms. The first-order chi connectivity index (χ1) is 10.6. The van der Waals surface area contributed by atoms with Crippen LogP contribution in [0.1, 0.15) is 18.5 Å². The van der Waals surface area contributed by atoms with Gasteiger partial charge in [0.1, 0.15) is 5.82 Å². The van der Waals surface area contributed by atoms with E-state index in [1.807, 2.05) is 25.1 Å². The molecule has 1 unspecified atom stereocenters. The van der Waals surface area contributed by atoms with Crippen LogP contribution in [0.15, 0.2) is 48.5 Å². The Morgan fingerprint density at radius 1 is 0.909 bits per heavy atom. The first-order valence-electron chi connectivity index (χ1n) is 7.75. The van der Waals surface area contributed by atoms with Crippen molar-refractivity contribution in [3.63, 3.8) is 0 Å². The molecule has 0 saturated carbocycles. The predicted molar refractivity (Wildman–Crippen MR) is 89.9 cm³/mol. The van der Waals surface area contributed by atoms with Gasteiger partial charge in [0.2, 0.25) is 0 Å². The van der Waals surface area contributed by atoms with Crippen LogP contribution in [0.5, 0.6) is 0 Å². The Balaban J connectivity index is 1.71. The van der Waals surface area contributed by atoms with Gasteiger partial charge in [0.25, 0.3) is 0 Å². The summed E-state index contributed by atoms with van der Waals surface area (Å²) in [7, 11) is 0. The Hall–Kier alpha value is -2.07. The Morgan fingerprint density at radius 2 is 1.50 bits per heavy atom. The Kier molecular flexibility index (Phi) is 4.29. The summed E-state index contributed by atoms with van der Waals surface area (Å²) in [5.74, 6) is -0.187. The first-order valence-corrected chi connectivity index (χ1v) is 7.75. The number of halogens is 1. The molecule has 116 valence electrons. The average Bonchev–Trinajstić information content (AvgIpc) is 2.56. The Labute approximate surface area is 131 Å². The second-order valence-electron chi connectivity index (χ2n) is 5.80. The summed E-state index contributed by atoms with van der Waals surface area (Å²) >= 11 is 0. The molecule has 3 rings (SSSR count). The highest BCUT2D eigenvalue weighted by Crippen LogP contribution is 2.27. The van der Waals surface area contributed by atoms with Crippen molar-refractivity contribution in [2.24, 2.45) is 5.73 Å². The number of hydrogen-bond acceptors (Lipinski definition) is 3. The smallest absolute Gasteiger partial charge is 0.123 e. The summed E-state index contributed by atoms with van der Waals surface area (Å²) in [5.41, 5.74) is 9.59. The van der Waals surface area contributed by atoms with Crippen molar-refractivity contribution in [3.8, 4) is 0 Å². The van der Waals surface area contributed by atoms with Crippen molar-refractivity contribution in [2.75, 3.05) is 36.0 Å². The van der Waals surface area contributed by atoms with Gasteiger partial charge in [0.15, 0.2) is 0 Å². The Morgan fingerprint density at radius 3 is 2.14 bits per heavy atom. The van der Waals surface area contributed by atoms with E-state index in [2.05, 4.69) is 28.0 Å². The third-order valence-corrected chi connectivity index (χ3v) is 4.24. The first kappa shape index (κ1) is 14.9. The number of nitrogens with zero attached hydrogens (tertiary/aromatic N) is 2. The molecule has 1 saturated heterocycles. The number of rotatable bonds is 3. The van der Waals surface area contributed by atoms with E-state index in [0.717, 1.165) is 31.9 Å². The highest BCUT2D eigenvalue weighted by atomic mass is 19.1. The molecule has 4 heteroatoms. The van der Waals surface area contributed by atoms with Crippen LogP contribution in [0, 0.1) is 5.82 Å². The maximum absolute atomic E-state index is 13.0. The molecule has 0 spiro atoms. The molecule has 0 aromatic heterocycles. The molecule has 2 N–H and O–H groups in total. The van der Waals surface area contributed by atoms with Crippen molar-refractivity contribution >= 4 is 11.4 Å². The molecule has 1 aliphatic rings. The Bertz CT molecular complexity index is 616. The zero-order chi connectivity index (χ0) is 15.5. The minimum Gasteiger partial charge on any atom is -0.368 e. The van der Waals surface area contributed by atoms with Gasteiger partial charge in [-0.05, 0) is 42.8 Å². The van der Waals surface area contributed by atoms with Crippen LogP contribution >= 0.6 is 0 Å². The minimum absolute atomic E-state index is 0.0336. The molecule has 1 aliphatic heterocycles. The van der Waals surface area contributed by atoms with E-state index >= 15 is 0 Å². The molecule has 2 aromatic rings. The van der Waals surface area contributed by atoms with Gasteiger partial charge in [0.05, 0.1) is 0 Å². The maximum Gasteiger partial charge on any atom is 0.123 e. The maximum atomic E-state index is 13.0. The van der Waals surface area contributed by atoms with Crippen molar-refractivity contribution in [3.05, 3.63) is 59.9 Å². The van der Waals surface area contributed by atoms with Gasteiger partial charge in [-0.2, -0.15) is 0 Å². The number of hydrogen-bond donors (Lipinski definition) is 1. The highest BCUT2D eigenvalue weighted by molar-refractivity contribution is 5.57. The van der Waals surface area contributed by atoms with Gasteiger partial charge >= 0.3 is 0 Å². The largest absolute Gasteiger partial charge is 0.368 e. The molecule has 0 amide bonds. The lowest BCUT2D eigenvalue weighted by atomic mass is 10.1. The topological polar surface area (TPSA) is 32.5 Å². The van der Waals surface area contributed by atoms with E-state index in [9.17, 15) is 4.39 Å². The lowest BCUT2D eigenvalue weighted by molar-refractivity contribution is 0.624. The van der Waals surface area contributed by atoms with Crippen LogP contribution in [-0.2, 0) is 0 Å². The fraction of sp³-hybridized carbons (Fsp3) is 0.333. The quantitative estimate of drug-likeness (QED) is 0.945. The van der Waals surface area contributed by atoms with Crippen molar-refractivity contribution in [2.45, 2.75) is 13.0 Å². The van der Waals surface area contributed by atoms with Crippen LogP contribution in [0.25, 0.3) is 0 Å². The highest BCUT2D eigenvalue weighted by Gasteiger charge is 2.20. The molecular weight excluding hydrogens is 277 g/mol. The number of anilines is 2. The molecule has 2 aromatic carbocycles. The second kappa shape index (κ2) is 6.36. The lowest BCUT2D eigenvalue weighted by Gasteiger charge is -2.38. The molecule has 0 radical (unpaired) electrons. The van der Waals surface area contributed by atoms with E-state index in [4.69, 9.17) is 5.73 Å². The summed E-state index contributed by atoms with van der Waals surface area (Å²) in [6.45, 7) is 5.77. The number of piperazine rings is 1. The van der Waals surface area contributed by atoms with Gasteiger partial charge in [0, 0.05) is 43.6 Å². The minimum atomic E-state index is -0.187. The summed E-state index contributed by atoms with van der Waals surface area (Å²) < 4.78 is 13.0. The fourth-order valence-corrected chi connectivity index (χ4v) is 3.02. The lowest BCUT2D eigenvalue weighted by Crippen LogP contribution is -2.47. The molecule has 3 nitrogen and oxygen atoms in total. The summed E-state index contributed by atoms with van der Waals surface area (Å²) in [5, 5.41) is 0. The van der Waals surface area contributed by atoms with Crippen LogP contribution in [0.4, 0.5) is 15.8 Å². The van der Waals surface area contributed by atoms with E-state index in [0.29, 0.717) is 0 Å². The van der Waals surface area contributed by atoms with Crippen LogP contribution in [0.3, 0.4) is 0 Å². The zero-order valence-corrected chi connectivity index (χ0v) is 12.9. The van der Waals surface area contributed by atoms with Gasteiger partial charge < -0.3 is 15.5 Å². The standard InChI is InChI=1S/C18H22FN3/c1-14(20)17-4-2-3-5-18(17)22-12-10-21(11-13-22)16-8-6-15(19)7-9-16/h2-9,14H,10-13,20H2,1H3. The number of nitrogens with two attached hydrogens (primary N) is 1. The predicted octanol–water partition coefficient (Wildman–Crippen LogP) is 3.17. The van der Waals surface area contributed by atoms with Crippen molar-refractivity contribution in [1.29, 1.82) is 0 Å². The normalized spacial score (nSPS) is 16.7. The monoisotopic (exact) mass is 299 g/mol. The molecular formula is C18H22FN3. The van der Waals surface area contributed by atoms with E-state index in [1.54, 1.807) is 0 Å². The van der Waals surface area contributed by atoms with Crippen molar-refractivity contribution < 1.29 is 4.39 Å². The number of para-hydroxylation sites is 1. The van der Waals surface area contributed by atoms with Crippen molar-refractivity contribution in [1.82, 2.24) is 0 Å². The zero-order valence-electron chi connectivity index (χ0n) is 12.9. The van der Waals surface area contributed by atoms with Crippen LogP contribution in [-0.4, -0.2) is 26.2 Å².